The molecule has 1 unspecified atom stereocenters. The van der Waals surface area contributed by atoms with Crippen molar-refractivity contribution in [3.8, 4) is 0 Å². The van der Waals surface area contributed by atoms with E-state index in [1.165, 1.54) is 13.2 Å². The van der Waals surface area contributed by atoms with E-state index in [0.29, 0.717) is 51.6 Å². The molecule has 3 aliphatic heterocycles. The highest BCUT2D eigenvalue weighted by Crippen LogP contribution is 2.37. The summed E-state index contributed by atoms with van der Waals surface area (Å²) in [6.07, 6.45) is 11.5. The van der Waals surface area contributed by atoms with E-state index in [1.54, 1.807) is 0 Å². The number of aliphatic hydroxyl groups excluding tert-OH is 1. The van der Waals surface area contributed by atoms with Crippen LogP contribution in [0.2, 0.25) is 0 Å². The van der Waals surface area contributed by atoms with Crippen molar-refractivity contribution < 1.29 is 62.2 Å². The molecule has 0 aliphatic carbocycles. The van der Waals surface area contributed by atoms with E-state index >= 15 is 0 Å². The number of primary amides is 1. The normalized spacial score (nSPS) is 24.1. The Kier molecular flexibility index (Phi) is 31.4. The number of aliphatic hydroxyl groups is 1. The first-order valence-corrected chi connectivity index (χ1v) is 29.3. The molecule has 444 valence electrons. The number of unbranched alkanes of at least 4 members (excludes halogenated alkanes) is 20. The van der Waals surface area contributed by atoms with Crippen molar-refractivity contribution in [2.45, 2.75) is 268 Å². The fourth-order valence-corrected chi connectivity index (χ4v) is 10.1. The molecule has 2 fully saturated rings. The van der Waals surface area contributed by atoms with E-state index in [-0.39, 0.29) is 25.3 Å². The molecule has 11 atom stereocenters. The molecule has 1 aromatic rings. The van der Waals surface area contributed by atoms with Crippen LogP contribution in [0.5, 0.6) is 0 Å². The molecule has 0 spiro atoms. The first-order valence-electron chi connectivity index (χ1n) is 29.3. The highest BCUT2D eigenvalue weighted by molar-refractivity contribution is 5.96. The van der Waals surface area contributed by atoms with Crippen LogP contribution in [0.15, 0.2) is 33.7 Å². The topological polar surface area (TPSA) is 327 Å². The fraction of sp³-hybridized carbons (Fsp3) is 0.804. The van der Waals surface area contributed by atoms with Crippen LogP contribution in [0, 0.1) is 0 Å². The first-order chi connectivity index (χ1) is 37.7. The van der Waals surface area contributed by atoms with Crippen molar-refractivity contribution >= 4 is 29.7 Å². The number of aromatic amines is 1. The second-order valence-corrected chi connectivity index (χ2v) is 21.2. The van der Waals surface area contributed by atoms with Gasteiger partial charge in [0.2, 0.25) is 18.1 Å². The lowest BCUT2D eigenvalue weighted by Gasteiger charge is -2.38. The molecule has 78 heavy (non-hydrogen) atoms. The van der Waals surface area contributed by atoms with Gasteiger partial charge in [0.15, 0.2) is 36.6 Å². The monoisotopic (exact) mass is 1110 g/mol. The summed E-state index contributed by atoms with van der Waals surface area (Å²) in [5.41, 5.74) is 15.8. The summed E-state index contributed by atoms with van der Waals surface area (Å²) < 4.78 is 44.3. The van der Waals surface area contributed by atoms with Crippen LogP contribution >= 0.6 is 0 Å². The van der Waals surface area contributed by atoms with Crippen molar-refractivity contribution in [2.24, 2.45) is 17.2 Å². The van der Waals surface area contributed by atoms with Crippen LogP contribution in [0.25, 0.3) is 0 Å². The predicted octanol–water partition coefficient (Wildman–Crippen LogP) is 5.34. The van der Waals surface area contributed by atoms with E-state index in [4.69, 9.17) is 50.4 Å². The Bertz CT molecular complexity index is 2090. The summed E-state index contributed by atoms with van der Waals surface area (Å²) in [5, 5.41) is 17.1. The van der Waals surface area contributed by atoms with Gasteiger partial charge >= 0.3 is 17.6 Å². The molecule has 0 aromatic carbocycles. The van der Waals surface area contributed by atoms with Gasteiger partial charge in [0, 0.05) is 38.3 Å². The molecular formula is C56H95N7O15. The van der Waals surface area contributed by atoms with Gasteiger partial charge < -0.3 is 66.1 Å². The molecule has 2 saturated heterocycles. The van der Waals surface area contributed by atoms with Gasteiger partial charge in [-0.2, -0.15) is 0 Å². The molecule has 0 radical (unpaired) electrons. The van der Waals surface area contributed by atoms with E-state index < -0.39 is 108 Å². The van der Waals surface area contributed by atoms with E-state index in [0.717, 1.165) is 145 Å². The molecular weight excluding hydrogens is 1010 g/mol. The number of rotatable bonds is 40. The number of H-pyrrole nitrogens is 1. The van der Waals surface area contributed by atoms with Gasteiger partial charge in [-0.25, -0.2) is 4.79 Å². The average Bonchev–Trinajstić information content (AvgIpc) is 3.83. The van der Waals surface area contributed by atoms with E-state index in [1.807, 2.05) is 6.92 Å². The van der Waals surface area contributed by atoms with Crippen LogP contribution in [-0.4, -0.2) is 126 Å². The number of nitrogens with two attached hydrogens (primary N) is 3. The van der Waals surface area contributed by atoms with Crippen LogP contribution in [0.4, 0.5) is 0 Å². The predicted molar refractivity (Wildman–Crippen MR) is 291 cm³/mol. The first kappa shape index (κ1) is 65.8. The second kappa shape index (κ2) is 37.3. The van der Waals surface area contributed by atoms with Crippen molar-refractivity contribution in [2.75, 3.05) is 20.2 Å². The molecule has 22 heteroatoms. The van der Waals surface area contributed by atoms with Gasteiger partial charge in [-0.15, -0.1) is 0 Å². The number of hydrogen-bond acceptors (Lipinski definition) is 17. The Morgan fingerprint density at radius 1 is 0.756 bits per heavy atom. The standard InChI is InChI=1S/C56H95N7O15/c1-4-5-6-7-12-17-24-32-45(67)76-50-47(72-3)48(77-54(50)63-36-33-42(64)62-56(63)71)49(51(59)68)78-55-46(75-44(66)31-23-19-14-9-11-16-21-26-35-58)40(73-43(65)30-22-18-13-8-10-15-20-25-34-57)37-41(74-55)53(70)61-39-29-27-28-38(2)60-52(39)69/h33,36-40,43,46-50,54-55,65H,4-32,34-35,57-58H2,1-3H3,(H2,59,68)(H,60,69)(H,61,70)(H,62,64,71)/t38-,39+,40+,43?,46+,47-,48+,49-,50-,54-,55-/m1/s1. The van der Waals surface area contributed by atoms with E-state index in [9.17, 15) is 38.7 Å². The zero-order valence-electron chi connectivity index (χ0n) is 46.8. The lowest BCUT2D eigenvalue weighted by Crippen LogP contribution is -2.56. The maximum Gasteiger partial charge on any atom is 0.330 e. The molecule has 4 rings (SSSR count). The summed E-state index contributed by atoms with van der Waals surface area (Å²) >= 11 is 0. The Morgan fingerprint density at radius 2 is 1.31 bits per heavy atom. The number of carbonyl (C=O) groups excluding carboxylic acids is 5. The van der Waals surface area contributed by atoms with Crippen LogP contribution < -0.4 is 39.1 Å². The number of nitrogens with one attached hydrogen (secondary N) is 3. The molecule has 3 amide bonds. The molecule has 10 N–H and O–H groups in total. The minimum atomic E-state index is -1.92. The summed E-state index contributed by atoms with van der Waals surface area (Å²) in [7, 11) is 1.27. The number of methoxy groups -OCH3 is 1. The van der Waals surface area contributed by atoms with Crippen molar-refractivity contribution in [3.63, 3.8) is 0 Å². The SMILES string of the molecule is CCCCCCCCCC(=O)O[C@@H]1[C@H](OC)[C@@H]([C@@H](O[C@H]2OC(C(=O)N[C@H]3CCC[C@@H](C)NC3=O)=C[C@H](OC(O)CCCCCCCCCCN)[C@@H]2OC(=O)CCCCCCCCCCN)C(N)=O)O[C@H]1n1ccc(=O)[nH]c1=O. The number of nitrogens with zero attached hydrogens (tertiary/aromatic N) is 1. The van der Waals surface area contributed by atoms with Crippen LogP contribution in [-0.2, 0) is 57.1 Å². The number of carbonyl (C=O) groups is 5. The maximum absolute atomic E-state index is 14.3. The van der Waals surface area contributed by atoms with Gasteiger partial charge in [-0.3, -0.25) is 38.3 Å². The maximum atomic E-state index is 14.3. The number of esters is 2. The van der Waals surface area contributed by atoms with Crippen LogP contribution in [0.1, 0.15) is 206 Å². The minimum absolute atomic E-state index is 0.0220. The third kappa shape index (κ3) is 23.2. The number of aromatic nitrogens is 2. The minimum Gasteiger partial charge on any atom is -0.455 e. The zero-order chi connectivity index (χ0) is 56.7. The summed E-state index contributed by atoms with van der Waals surface area (Å²) in [6, 6.07) is -0.0115. The zero-order valence-corrected chi connectivity index (χ0v) is 46.8. The lowest BCUT2D eigenvalue weighted by molar-refractivity contribution is -0.264. The molecule has 0 saturated carbocycles. The van der Waals surface area contributed by atoms with E-state index in [2.05, 4.69) is 22.5 Å². The molecule has 22 nitrogen and oxygen atoms in total. The average molecular weight is 1110 g/mol. The Labute approximate surface area is 460 Å². The number of amides is 3. The molecule has 1 aromatic heterocycles. The molecule has 0 bridgehead atoms. The lowest BCUT2D eigenvalue weighted by atomic mass is 10.0. The fourth-order valence-electron chi connectivity index (χ4n) is 10.1. The van der Waals surface area contributed by atoms with Gasteiger partial charge in [0.1, 0.15) is 24.4 Å². The Balaban J connectivity index is 1.67. The Morgan fingerprint density at radius 3 is 1.86 bits per heavy atom. The van der Waals surface area contributed by atoms with Gasteiger partial charge in [-0.1, -0.05) is 122 Å². The molecule has 4 heterocycles. The van der Waals surface area contributed by atoms with Gasteiger partial charge in [0.05, 0.1) is 0 Å². The van der Waals surface area contributed by atoms with Crippen LogP contribution in [0.3, 0.4) is 0 Å². The Hall–Kier alpha value is -4.71. The van der Waals surface area contributed by atoms with Crippen molar-refractivity contribution in [1.29, 1.82) is 0 Å². The van der Waals surface area contributed by atoms with Gasteiger partial charge in [0.25, 0.3) is 11.5 Å². The van der Waals surface area contributed by atoms with Gasteiger partial charge in [-0.05, 0) is 83.9 Å². The summed E-state index contributed by atoms with van der Waals surface area (Å²) in [5.74, 6) is -4.20. The second-order valence-electron chi connectivity index (χ2n) is 21.2. The number of hydrogen-bond donors (Lipinski definition) is 7. The summed E-state index contributed by atoms with van der Waals surface area (Å²) in [4.78, 5) is 96.5. The highest BCUT2D eigenvalue weighted by atomic mass is 16.7. The highest BCUT2D eigenvalue weighted by Gasteiger charge is 2.55. The molecule has 3 aliphatic rings. The summed E-state index contributed by atoms with van der Waals surface area (Å²) in [6.45, 7) is 5.33. The smallest absolute Gasteiger partial charge is 0.330 e. The number of ether oxygens (including phenoxy) is 7. The third-order valence-electron chi connectivity index (χ3n) is 14.6. The largest absolute Gasteiger partial charge is 0.455 e. The quantitative estimate of drug-likeness (QED) is 0.0248. The third-order valence-corrected chi connectivity index (χ3v) is 14.6. The van der Waals surface area contributed by atoms with Crippen molar-refractivity contribution in [1.82, 2.24) is 20.2 Å². The van der Waals surface area contributed by atoms with Crippen molar-refractivity contribution in [3.05, 3.63) is 44.9 Å².